The highest BCUT2D eigenvalue weighted by Gasteiger charge is 2.34. The lowest BCUT2D eigenvalue weighted by molar-refractivity contribution is -0.130. The number of nitrogens with zero attached hydrogens (tertiary/aromatic N) is 2. The maximum absolute atomic E-state index is 12.9. The van der Waals surface area contributed by atoms with E-state index in [4.69, 9.17) is 4.74 Å². The van der Waals surface area contributed by atoms with Crippen molar-refractivity contribution in [3.05, 3.63) is 28.7 Å². The van der Waals surface area contributed by atoms with E-state index in [-0.39, 0.29) is 35.6 Å². The van der Waals surface area contributed by atoms with Crippen LogP contribution in [0.1, 0.15) is 41.0 Å². The van der Waals surface area contributed by atoms with Gasteiger partial charge in [-0.25, -0.2) is 0 Å². The number of hydrogen-bond donors (Lipinski definition) is 1. The zero-order chi connectivity index (χ0) is 18.6. The van der Waals surface area contributed by atoms with Gasteiger partial charge in [0.1, 0.15) is 0 Å². The van der Waals surface area contributed by atoms with E-state index >= 15 is 0 Å². The number of pyridine rings is 1. The Morgan fingerprint density at radius 1 is 1.28 bits per heavy atom. The molecule has 2 rings (SSSR count). The van der Waals surface area contributed by atoms with Gasteiger partial charge < -0.3 is 14.6 Å². The second kappa shape index (κ2) is 8.63. The molecule has 1 fully saturated rings. The number of amides is 1. The third-order valence-corrected chi connectivity index (χ3v) is 4.46. The summed E-state index contributed by atoms with van der Waals surface area (Å²) >= 11 is 0. The maximum Gasteiger partial charge on any atom is 0.250 e. The van der Waals surface area contributed by atoms with Gasteiger partial charge in [-0.3, -0.25) is 14.5 Å². The van der Waals surface area contributed by atoms with Crippen molar-refractivity contribution in [3.8, 4) is 0 Å². The Labute approximate surface area is 150 Å². The molecule has 0 aliphatic carbocycles. The van der Waals surface area contributed by atoms with Crippen LogP contribution in [0.3, 0.4) is 0 Å². The van der Waals surface area contributed by atoms with Gasteiger partial charge in [0.05, 0.1) is 23.9 Å². The Hall–Kier alpha value is -1.66. The maximum atomic E-state index is 12.9. The third kappa shape index (κ3) is 5.16. The zero-order valence-corrected chi connectivity index (χ0v) is 16.0. The van der Waals surface area contributed by atoms with E-state index in [0.717, 1.165) is 19.5 Å². The van der Waals surface area contributed by atoms with Crippen LogP contribution in [-0.2, 0) is 16.1 Å². The molecule has 6 heteroatoms. The van der Waals surface area contributed by atoms with Gasteiger partial charge in [-0.2, -0.15) is 0 Å². The van der Waals surface area contributed by atoms with Crippen LogP contribution >= 0.6 is 0 Å². The molecule has 140 valence electrons. The summed E-state index contributed by atoms with van der Waals surface area (Å²) in [6.45, 7) is 12.4. The lowest BCUT2D eigenvalue weighted by Crippen LogP contribution is -2.55. The molecule has 0 bridgehead atoms. The second-order valence-electron chi connectivity index (χ2n) is 7.34. The molecule has 1 saturated heterocycles. The summed E-state index contributed by atoms with van der Waals surface area (Å²) in [7, 11) is 0. The van der Waals surface area contributed by atoms with Gasteiger partial charge >= 0.3 is 0 Å². The van der Waals surface area contributed by atoms with Crippen LogP contribution in [0.15, 0.2) is 23.1 Å². The van der Waals surface area contributed by atoms with Crippen LogP contribution in [0, 0.1) is 5.92 Å². The fourth-order valence-electron chi connectivity index (χ4n) is 3.57. The molecule has 6 nitrogen and oxygen atoms in total. The molecule has 0 saturated carbocycles. The molecule has 2 heterocycles. The molecule has 0 unspecified atom stereocenters. The van der Waals surface area contributed by atoms with Crippen molar-refractivity contribution in [2.24, 2.45) is 5.92 Å². The zero-order valence-electron chi connectivity index (χ0n) is 16.0. The number of anilines is 1. The van der Waals surface area contributed by atoms with Crippen LogP contribution < -0.4 is 10.9 Å². The lowest BCUT2D eigenvalue weighted by atomic mass is 9.99. The minimum Gasteiger partial charge on any atom is -0.373 e. The number of carbonyl (C=O) groups is 1. The molecule has 1 aliphatic heterocycles. The number of rotatable bonds is 6. The van der Waals surface area contributed by atoms with E-state index in [2.05, 4.69) is 24.1 Å². The third-order valence-electron chi connectivity index (χ3n) is 4.46. The van der Waals surface area contributed by atoms with Crippen molar-refractivity contribution < 1.29 is 9.53 Å². The van der Waals surface area contributed by atoms with Crippen molar-refractivity contribution in [3.63, 3.8) is 0 Å². The summed E-state index contributed by atoms with van der Waals surface area (Å²) < 4.78 is 7.43. The van der Waals surface area contributed by atoms with Crippen LogP contribution in [-0.4, -0.2) is 46.7 Å². The first kappa shape index (κ1) is 19.7. The van der Waals surface area contributed by atoms with Gasteiger partial charge in [-0.15, -0.1) is 0 Å². The number of nitrogens with one attached hydrogen (secondary N) is 1. The summed E-state index contributed by atoms with van der Waals surface area (Å²) in [6, 6.07) is 2.96. The second-order valence-corrected chi connectivity index (χ2v) is 7.34. The molecule has 1 aromatic rings. The number of ether oxygens (including phenoxy) is 1. The van der Waals surface area contributed by atoms with Gasteiger partial charge in [0.25, 0.3) is 5.56 Å². The van der Waals surface area contributed by atoms with E-state index in [1.807, 2.05) is 20.8 Å². The van der Waals surface area contributed by atoms with Crippen molar-refractivity contribution in [1.82, 2.24) is 9.47 Å². The Balaban J connectivity index is 2.15. The Bertz CT molecular complexity index is 631. The first-order chi connectivity index (χ1) is 11.8. The fraction of sp³-hybridized carbons (Fsp3) is 0.684. The van der Waals surface area contributed by atoms with Crippen molar-refractivity contribution in [2.75, 3.05) is 18.4 Å². The van der Waals surface area contributed by atoms with Crippen molar-refractivity contribution in [2.45, 2.75) is 65.8 Å². The first-order valence-electron chi connectivity index (χ1n) is 9.22. The van der Waals surface area contributed by atoms with E-state index < -0.39 is 0 Å². The molecular weight excluding hydrogens is 318 g/mol. The molecule has 3 atom stereocenters. The molecule has 1 aliphatic rings. The molecule has 1 N–H and O–H groups in total. The lowest BCUT2D eigenvalue weighted by Gasteiger charge is -2.41. The van der Waals surface area contributed by atoms with E-state index in [9.17, 15) is 9.59 Å². The van der Waals surface area contributed by atoms with Crippen molar-refractivity contribution in [1.29, 1.82) is 0 Å². The SMILES string of the molecule is CCCn1cc(NC(=O)[C@H](C(C)C)N2C[C@@H](C)O[C@H](C)C2)ccc1=O. The van der Waals surface area contributed by atoms with Crippen LogP contribution in [0.5, 0.6) is 0 Å². The van der Waals surface area contributed by atoms with Gasteiger partial charge in [-0.05, 0) is 32.3 Å². The molecule has 0 aromatic carbocycles. The largest absolute Gasteiger partial charge is 0.373 e. The molecule has 25 heavy (non-hydrogen) atoms. The van der Waals surface area contributed by atoms with Gasteiger partial charge in [0.15, 0.2) is 0 Å². The van der Waals surface area contributed by atoms with Gasteiger partial charge in [-0.1, -0.05) is 20.8 Å². The predicted molar refractivity (Wildman–Crippen MR) is 99.8 cm³/mol. The summed E-state index contributed by atoms with van der Waals surface area (Å²) in [5.41, 5.74) is 0.620. The summed E-state index contributed by atoms with van der Waals surface area (Å²) in [4.78, 5) is 27.0. The molecule has 0 spiro atoms. The predicted octanol–water partition coefficient (Wildman–Crippen LogP) is 2.33. The topological polar surface area (TPSA) is 63.6 Å². The summed E-state index contributed by atoms with van der Waals surface area (Å²) in [5.74, 6) is 0.150. The minimum absolute atomic E-state index is 0.0296. The first-order valence-corrected chi connectivity index (χ1v) is 9.22. The molecular formula is C19H31N3O3. The van der Waals surface area contributed by atoms with Crippen molar-refractivity contribution >= 4 is 11.6 Å². The van der Waals surface area contributed by atoms with E-state index in [1.54, 1.807) is 16.8 Å². The molecule has 1 aromatic heterocycles. The normalized spacial score (nSPS) is 22.8. The highest BCUT2D eigenvalue weighted by molar-refractivity contribution is 5.94. The Kier molecular flexibility index (Phi) is 6.79. The van der Waals surface area contributed by atoms with Crippen LogP contribution in [0.4, 0.5) is 5.69 Å². The number of aromatic nitrogens is 1. The highest BCUT2D eigenvalue weighted by Crippen LogP contribution is 2.20. The molecule has 1 amide bonds. The number of hydrogen-bond acceptors (Lipinski definition) is 4. The average molecular weight is 349 g/mol. The Morgan fingerprint density at radius 2 is 1.92 bits per heavy atom. The molecule has 0 radical (unpaired) electrons. The fourth-order valence-corrected chi connectivity index (χ4v) is 3.57. The monoisotopic (exact) mass is 349 g/mol. The average Bonchev–Trinajstić information content (AvgIpc) is 2.49. The smallest absolute Gasteiger partial charge is 0.250 e. The summed E-state index contributed by atoms with van der Waals surface area (Å²) in [6.07, 6.45) is 2.83. The number of aryl methyl sites for hydroxylation is 1. The van der Waals surface area contributed by atoms with E-state index in [0.29, 0.717) is 12.2 Å². The Morgan fingerprint density at radius 3 is 2.48 bits per heavy atom. The number of morpholine rings is 1. The number of carbonyl (C=O) groups excluding carboxylic acids is 1. The quantitative estimate of drug-likeness (QED) is 0.856. The van der Waals surface area contributed by atoms with Gasteiger partial charge in [0.2, 0.25) is 5.91 Å². The highest BCUT2D eigenvalue weighted by atomic mass is 16.5. The standard InChI is InChI=1S/C19H31N3O3/c1-6-9-21-12-16(7-8-17(21)23)20-19(24)18(13(2)3)22-10-14(4)25-15(5)11-22/h7-8,12-15,18H,6,9-11H2,1-5H3,(H,20,24)/t14-,15-,18+/m1/s1. The summed E-state index contributed by atoms with van der Waals surface area (Å²) in [5, 5.41) is 3.00. The van der Waals surface area contributed by atoms with Crippen LogP contribution in [0.25, 0.3) is 0 Å². The van der Waals surface area contributed by atoms with Gasteiger partial charge in [0, 0.05) is 31.9 Å². The van der Waals surface area contributed by atoms with E-state index in [1.165, 1.54) is 6.07 Å². The van der Waals surface area contributed by atoms with Crippen LogP contribution in [0.2, 0.25) is 0 Å². The minimum atomic E-state index is -0.222.